The summed E-state index contributed by atoms with van der Waals surface area (Å²) >= 11 is 7.02. The Kier molecular flexibility index (Phi) is 8.37. The zero-order valence-corrected chi connectivity index (χ0v) is 18.2. The van der Waals surface area contributed by atoms with Gasteiger partial charge in [-0.05, 0) is 44.5 Å². The van der Waals surface area contributed by atoms with Gasteiger partial charge in [0.05, 0.1) is 22.2 Å². The highest BCUT2D eigenvalue weighted by Crippen LogP contribution is 2.27. The van der Waals surface area contributed by atoms with Gasteiger partial charge in [0.25, 0.3) is 11.8 Å². The molecule has 0 saturated heterocycles. The SMILES string of the molecule is CCOC(=O)c1sc(NC(=O)COC(=O)[C@H](C)NC(=O)c2ccccc2Cl)cc1C. The van der Waals surface area contributed by atoms with E-state index in [4.69, 9.17) is 21.1 Å². The first kappa shape index (κ1) is 23.4. The maximum atomic E-state index is 12.2. The average molecular weight is 453 g/mol. The van der Waals surface area contributed by atoms with Crippen LogP contribution in [0.1, 0.15) is 39.4 Å². The zero-order chi connectivity index (χ0) is 22.3. The summed E-state index contributed by atoms with van der Waals surface area (Å²) in [7, 11) is 0. The van der Waals surface area contributed by atoms with Gasteiger partial charge in [0.15, 0.2) is 6.61 Å². The second kappa shape index (κ2) is 10.7. The number of halogens is 1. The molecule has 0 aliphatic carbocycles. The number of hydrogen-bond acceptors (Lipinski definition) is 7. The van der Waals surface area contributed by atoms with Gasteiger partial charge in [0.2, 0.25) is 0 Å². The molecule has 1 atom stereocenters. The van der Waals surface area contributed by atoms with Gasteiger partial charge >= 0.3 is 11.9 Å². The number of benzene rings is 1. The second-order valence-electron chi connectivity index (χ2n) is 6.17. The third kappa shape index (κ3) is 6.30. The number of anilines is 1. The molecule has 0 bridgehead atoms. The number of carbonyl (C=O) groups excluding carboxylic acids is 4. The van der Waals surface area contributed by atoms with E-state index in [0.29, 0.717) is 15.4 Å². The van der Waals surface area contributed by atoms with E-state index in [-0.39, 0.29) is 17.2 Å². The Hall–Kier alpha value is -2.91. The first-order valence-electron chi connectivity index (χ1n) is 9.02. The molecule has 2 aromatic rings. The van der Waals surface area contributed by atoms with Gasteiger partial charge < -0.3 is 20.1 Å². The Labute approximate surface area is 182 Å². The number of esters is 2. The molecule has 1 heterocycles. The van der Waals surface area contributed by atoms with Gasteiger partial charge in [0, 0.05) is 0 Å². The number of rotatable bonds is 8. The molecule has 2 N–H and O–H groups in total. The van der Waals surface area contributed by atoms with Crippen molar-refractivity contribution in [3.05, 3.63) is 51.4 Å². The van der Waals surface area contributed by atoms with E-state index in [2.05, 4.69) is 10.6 Å². The summed E-state index contributed by atoms with van der Waals surface area (Å²) in [6, 6.07) is 7.05. The molecule has 8 nitrogen and oxygen atoms in total. The fraction of sp³-hybridized carbons (Fsp3) is 0.300. The molecule has 0 saturated carbocycles. The first-order chi connectivity index (χ1) is 14.2. The van der Waals surface area contributed by atoms with Gasteiger partial charge in [-0.3, -0.25) is 9.59 Å². The highest BCUT2D eigenvalue weighted by molar-refractivity contribution is 7.18. The first-order valence-corrected chi connectivity index (χ1v) is 10.2. The predicted octanol–water partition coefficient (Wildman–Crippen LogP) is 3.19. The molecule has 0 aliphatic rings. The van der Waals surface area contributed by atoms with Crippen molar-refractivity contribution in [2.75, 3.05) is 18.5 Å². The van der Waals surface area contributed by atoms with Gasteiger partial charge in [0.1, 0.15) is 10.9 Å². The maximum absolute atomic E-state index is 12.2. The van der Waals surface area contributed by atoms with Crippen molar-refractivity contribution in [3.63, 3.8) is 0 Å². The van der Waals surface area contributed by atoms with Crippen molar-refractivity contribution in [3.8, 4) is 0 Å². The van der Waals surface area contributed by atoms with Crippen LogP contribution in [0.4, 0.5) is 5.00 Å². The zero-order valence-electron chi connectivity index (χ0n) is 16.6. The summed E-state index contributed by atoms with van der Waals surface area (Å²) in [5.74, 6) is -2.35. The van der Waals surface area contributed by atoms with Gasteiger partial charge in [-0.1, -0.05) is 23.7 Å². The van der Waals surface area contributed by atoms with Crippen LogP contribution in [0.15, 0.2) is 30.3 Å². The molecule has 0 unspecified atom stereocenters. The summed E-state index contributed by atoms with van der Waals surface area (Å²) in [5, 5.41) is 5.71. The molecule has 30 heavy (non-hydrogen) atoms. The van der Waals surface area contributed by atoms with Crippen LogP contribution in [-0.4, -0.2) is 43.0 Å². The number of thiophene rings is 1. The molecule has 2 rings (SSSR count). The van der Waals surface area contributed by atoms with Crippen molar-refractivity contribution in [1.82, 2.24) is 5.32 Å². The van der Waals surface area contributed by atoms with Crippen molar-refractivity contribution < 1.29 is 28.7 Å². The van der Waals surface area contributed by atoms with Crippen LogP contribution in [0, 0.1) is 6.92 Å². The topological polar surface area (TPSA) is 111 Å². The van der Waals surface area contributed by atoms with E-state index in [1.165, 1.54) is 13.0 Å². The number of hydrogen-bond donors (Lipinski definition) is 2. The fourth-order valence-corrected chi connectivity index (χ4v) is 3.56. The van der Waals surface area contributed by atoms with Crippen LogP contribution in [0.25, 0.3) is 0 Å². The third-order valence-electron chi connectivity index (χ3n) is 3.81. The van der Waals surface area contributed by atoms with E-state index in [9.17, 15) is 19.2 Å². The molecule has 1 aromatic carbocycles. The molecule has 0 aliphatic heterocycles. The van der Waals surface area contributed by atoms with E-state index in [1.54, 1.807) is 38.1 Å². The Morgan fingerprint density at radius 3 is 2.53 bits per heavy atom. The molecule has 2 amide bonds. The van der Waals surface area contributed by atoms with Crippen molar-refractivity contribution in [1.29, 1.82) is 0 Å². The van der Waals surface area contributed by atoms with Gasteiger partial charge in [-0.2, -0.15) is 0 Å². The monoisotopic (exact) mass is 452 g/mol. The van der Waals surface area contributed by atoms with Crippen LogP contribution >= 0.6 is 22.9 Å². The van der Waals surface area contributed by atoms with Crippen LogP contribution in [0.3, 0.4) is 0 Å². The third-order valence-corrected chi connectivity index (χ3v) is 5.27. The van der Waals surface area contributed by atoms with Crippen molar-refractivity contribution in [2.24, 2.45) is 0 Å². The summed E-state index contributed by atoms with van der Waals surface area (Å²) in [4.78, 5) is 48.5. The van der Waals surface area contributed by atoms with Gasteiger partial charge in [-0.25, -0.2) is 9.59 Å². The highest BCUT2D eigenvalue weighted by atomic mass is 35.5. The van der Waals surface area contributed by atoms with Crippen LogP contribution in [-0.2, 0) is 19.1 Å². The van der Waals surface area contributed by atoms with Crippen LogP contribution < -0.4 is 10.6 Å². The molecule has 0 fully saturated rings. The minimum absolute atomic E-state index is 0.224. The molecule has 0 spiro atoms. The lowest BCUT2D eigenvalue weighted by Gasteiger charge is -2.13. The molecule has 0 radical (unpaired) electrons. The Morgan fingerprint density at radius 2 is 1.87 bits per heavy atom. The smallest absolute Gasteiger partial charge is 0.348 e. The lowest BCUT2D eigenvalue weighted by molar-refractivity contribution is -0.148. The minimum Gasteiger partial charge on any atom is -0.462 e. The van der Waals surface area contributed by atoms with Gasteiger partial charge in [-0.15, -0.1) is 11.3 Å². The average Bonchev–Trinajstić information content (AvgIpc) is 3.06. The number of amides is 2. The van der Waals surface area contributed by atoms with Crippen LogP contribution in [0.2, 0.25) is 5.02 Å². The normalized spacial score (nSPS) is 11.3. The molecule has 1 aromatic heterocycles. The fourth-order valence-electron chi connectivity index (χ4n) is 2.36. The Bertz CT molecular complexity index is 959. The standard InChI is InChI=1S/C20H21ClN2O6S/c1-4-28-20(27)17-11(2)9-16(30-17)23-15(24)10-29-19(26)12(3)22-18(25)13-7-5-6-8-14(13)21/h5-9,12H,4,10H2,1-3H3,(H,22,25)(H,23,24)/t12-/m0/s1. The summed E-state index contributed by atoms with van der Waals surface area (Å²) in [5.41, 5.74) is 0.892. The number of ether oxygens (including phenoxy) is 2. The molecular formula is C20H21ClN2O6S. The van der Waals surface area contributed by atoms with Crippen molar-refractivity contribution >= 4 is 51.7 Å². The minimum atomic E-state index is -0.985. The quantitative estimate of drug-likeness (QED) is 0.595. The van der Waals surface area contributed by atoms with Crippen LogP contribution in [0.5, 0.6) is 0 Å². The highest BCUT2D eigenvalue weighted by Gasteiger charge is 2.21. The number of nitrogens with one attached hydrogen (secondary N) is 2. The van der Waals surface area contributed by atoms with Crippen molar-refractivity contribution in [2.45, 2.75) is 26.8 Å². The molecule has 10 heteroatoms. The number of aryl methyl sites for hydroxylation is 1. The lowest BCUT2D eigenvalue weighted by Crippen LogP contribution is -2.40. The largest absolute Gasteiger partial charge is 0.462 e. The summed E-state index contributed by atoms with van der Waals surface area (Å²) in [6.45, 7) is 4.57. The lowest BCUT2D eigenvalue weighted by atomic mass is 10.2. The maximum Gasteiger partial charge on any atom is 0.348 e. The Balaban J connectivity index is 1.85. The molecular weight excluding hydrogens is 432 g/mol. The van der Waals surface area contributed by atoms with E-state index in [0.717, 1.165) is 11.3 Å². The summed E-state index contributed by atoms with van der Waals surface area (Å²) < 4.78 is 9.89. The second-order valence-corrected chi connectivity index (χ2v) is 7.63. The van der Waals surface area contributed by atoms with E-state index < -0.39 is 36.4 Å². The molecule has 160 valence electrons. The van der Waals surface area contributed by atoms with E-state index in [1.807, 2.05) is 0 Å². The predicted molar refractivity (Wildman–Crippen MR) is 113 cm³/mol. The summed E-state index contributed by atoms with van der Waals surface area (Å²) in [6.07, 6.45) is 0. The number of carbonyl (C=O) groups is 4. The van der Waals surface area contributed by atoms with E-state index >= 15 is 0 Å². The Morgan fingerprint density at radius 1 is 1.17 bits per heavy atom.